The minimum Gasteiger partial charge on any atom is -0.507 e. The molecule has 0 aliphatic heterocycles. The van der Waals surface area contributed by atoms with Crippen LogP contribution in [0.1, 0.15) is 27.9 Å². The summed E-state index contributed by atoms with van der Waals surface area (Å²) in [5.41, 5.74) is 5.96. The Labute approximate surface area is 116 Å². The molecular formula is C16H14N2O2. The highest BCUT2D eigenvalue weighted by atomic mass is 16.3. The van der Waals surface area contributed by atoms with E-state index in [0.29, 0.717) is 0 Å². The van der Waals surface area contributed by atoms with Gasteiger partial charge >= 0.3 is 0 Å². The van der Waals surface area contributed by atoms with Gasteiger partial charge in [-0.1, -0.05) is 36.4 Å². The Morgan fingerprint density at radius 2 is 1.80 bits per heavy atom. The number of hydrazone groups is 1. The van der Waals surface area contributed by atoms with E-state index in [9.17, 15) is 9.90 Å². The van der Waals surface area contributed by atoms with Gasteiger partial charge in [-0.15, -0.1) is 0 Å². The highest BCUT2D eigenvalue weighted by molar-refractivity contribution is 6.05. The number of amides is 1. The number of para-hydroxylation sites is 1. The molecule has 0 bridgehead atoms. The molecule has 0 heterocycles. The smallest absolute Gasteiger partial charge is 0.275 e. The van der Waals surface area contributed by atoms with Gasteiger partial charge in [0.15, 0.2) is 0 Å². The van der Waals surface area contributed by atoms with Gasteiger partial charge in [0.25, 0.3) is 5.91 Å². The van der Waals surface area contributed by atoms with Gasteiger partial charge in [0.2, 0.25) is 0 Å². The number of rotatable bonds is 2. The fourth-order valence-corrected chi connectivity index (χ4v) is 2.37. The van der Waals surface area contributed by atoms with Crippen LogP contribution in [0.25, 0.3) is 0 Å². The molecule has 100 valence electrons. The number of phenolic OH excluding ortho intramolecular Hbond substituents is 1. The molecule has 0 atom stereocenters. The van der Waals surface area contributed by atoms with E-state index < -0.39 is 5.91 Å². The standard InChI is InChI=1S/C16H14N2O2/c19-15-8-4-3-7-13(15)16(20)18-17-14-10-9-11-5-1-2-6-12(11)14/h1-8,19H,9-10H2,(H,18,20)/b17-14-. The fraction of sp³-hybridized carbons (Fsp3) is 0.125. The molecule has 0 unspecified atom stereocenters. The first-order valence-electron chi connectivity index (χ1n) is 6.49. The van der Waals surface area contributed by atoms with Gasteiger partial charge < -0.3 is 5.11 Å². The molecule has 0 aromatic heterocycles. The molecule has 20 heavy (non-hydrogen) atoms. The van der Waals surface area contributed by atoms with Crippen LogP contribution in [0.5, 0.6) is 5.75 Å². The van der Waals surface area contributed by atoms with E-state index >= 15 is 0 Å². The van der Waals surface area contributed by atoms with Crippen LogP contribution in [0.15, 0.2) is 53.6 Å². The van der Waals surface area contributed by atoms with Crippen LogP contribution < -0.4 is 5.43 Å². The summed E-state index contributed by atoms with van der Waals surface area (Å²) in [5.74, 6) is -0.447. The molecule has 1 amide bonds. The molecule has 0 radical (unpaired) electrons. The zero-order chi connectivity index (χ0) is 13.9. The van der Waals surface area contributed by atoms with Gasteiger partial charge in [-0.2, -0.15) is 5.10 Å². The molecule has 1 aliphatic rings. The lowest BCUT2D eigenvalue weighted by atomic mass is 10.1. The Hall–Kier alpha value is -2.62. The SMILES string of the molecule is O=C(N/N=C1/CCc2ccccc21)c1ccccc1O. The normalized spacial score (nSPS) is 15.1. The van der Waals surface area contributed by atoms with Crippen molar-refractivity contribution in [1.82, 2.24) is 5.43 Å². The number of fused-ring (bicyclic) bond motifs is 1. The van der Waals surface area contributed by atoms with Gasteiger partial charge in [-0.05, 0) is 30.5 Å². The second kappa shape index (κ2) is 5.17. The summed E-state index contributed by atoms with van der Waals surface area (Å²) in [6, 6.07) is 14.5. The van der Waals surface area contributed by atoms with Crippen LogP contribution in [0, 0.1) is 0 Å². The van der Waals surface area contributed by atoms with E-state index in [1.165, 1.54) is 11.6 Å². The highest BCUT2D eigenvalue weighted by Crippen LogP contribution is 2.22. The van der Waals surface area contributed by atoms with Crippen molar-refractivity contribution in [1.29, 1.82) is 0 Å². The van der Waals surface area contributed by atoms with Gasteiger partial charge in [0, 0.05) is 5.56 Å². The number of benzene rings is 2. The third-order valence-corrected chi connectivity index (χ3v) is 3.40. The summed E-state index contributed by atoms with van der Waals surface area (Å²) in [5, 5.41) is 13.8. The first-order valence-corrected chi connectivity index (χ1v) is 6.49. The summed E-state index contributed by atoms with van der Waals surface area (Å²) in [4.78, 5) is 12.0. The summed E-state index contributed by atoms with van der Waals surface area (Å²) in [6.45, 7) is 0. The van der Waals surface area contributed by atoms with Gasteiger partial charge in [-0.25, -0.2) is 5.43 Å². The van der Waals surface area contributed by atoms with Crippen LogP contribution in [0.4, 0.5) is 0 Å². The fourth-order valence-electron chi connectivity index (χ4n) is 2.37. The number of aryl methyl sites for hydroxylation is 1. The quantitative estimate of drug-likeness (QED) is 0.820. The molecule has 2 aromatic carbocycles. The van der Waals surface area contributed by atoms with E-state index in [2.05, 4.69) is 16.6 Å². The summed E-state index contributed by atoms with van der Waals surface area (Å²) >= 11 is 0. The van der Waals surface area contributed by atoms with Crippen molar-refractivity contribution in [2.75, 3.05) is 0 Å². The second-order valence-electron chi connectivity index (χ2n) is 4.67. The molecule has 4 heteroatoms. The van der Waals surface area contributed by atoms with Crippen molar-refractivity contribution in [3.05, 3.63) is 65.2 Å². The topological polar surface area (TPSA) is 61.7 Å². The predicted octanol–water partition coefficient (Wildman–Crippen LogP) is 2.47. The molecule has 4 nitrogen and oxygen atoms in total. The number of nitrogens with zero attached hydrogens (tertiary/aromatic N) is 1. The predicted molar refractivity (Wildman–Crippen MR) is 76.9 cm³/mol. The van der Waals surface area contributed by atoms with Crippen molar-refractivity contribution in [2.24, 2.45) is 5.10 Å². The molecule has 2 N–H and O–H groups in total. The Morgan fingerprint density at radius 3 is 2.65 bits per heavy atom. The monoisotopic (exact) mass is 266 g/mol. The first kappa shape index (κ1) is 12.4. The van der Waals surface area contributed by atoms with E-state index in [4.69, 9.17) is 0 Å². The van der Waals surface area contributed by atoms with Crippen molar-refractivity contribution >= 4 is 11.6 Å². The zero-order valence-corrected chi connectivity index (χ0v) is 10.8. The third kappa shape index (κ3) is 2.28. The summed E-state index contributed by atoms with van der Waals surface area (Å²) in [6.07, 6.45) is 1.77. The van der Waals surface area contributed by atoms with Gasteiger partial charge in [-0.3, -0.25) is 4.79 Å². The number of carbonyl (C=O) groups excluding carboxylic acids is 1. The van der Waals surface area contributed by atoms with E-state index in [0.717, 1.165) is 24.1 Å². The summed E-state index contributed by atoms with van der Waals surface area (Å²) < 4.78 is 0. The van der Waals surface area contributed by atoms with Gasteiger partial charge in [0.1, 0.15) is 5.75 Å². The van der Waals surface area contributed by atoms with Crippen molar-refractivity contribution in [3.63, 3.8) is 0 Å². The maximum absolute atomic E-state index is 12.0. The Bertz CT molecular complexity index is 692. The zero-order valence-electron chi connectivity index (χ0n) is 10.8. The largest absolute Gasteiger partial charge is 0.507 e. The molecule has 0 fully saturated rings. The van der Waals surface area contributed by atoms with E-state index in [1.807, 2.05) is 18.2 Å². The van der Waals surface area contributed by atoms with Crippen LogP contribution in [-0.4, -0.2) is 16.7 Å². The molecule has 1 aliphatic carbocycles. The number of hydrogen-bond donors (Lipinski definition) is 2. The first-order chi connectivity index (χ1) is 9.75. The van der Waals surface area contributed by atoms with Crippen molar-refractivity contribution < 1.29 is 9.90 Å². The third-order valence-electron chi connectivity index (χ3n) is 3.40. The molecule has 2 aromatic rings. The molecular weight excluding hydrogens is 252 g/mol. The lowest BCUT2D eigenvalue weighted by Gasteiger charge is -2.04. The Balaban J connectivity index is 1.79. The van der Waals surface area contributed by atoms with E-state index in [1.54, 1.807) is 18.2 Å². The minimum absolute atomic E-state index is 0.0444. The van der Waals surface area contributed by atoms with Gasteiger partial charge in [0.05, 0.1) is 11.3 Å². The number of nitrogens with one attached hydrogen (secondary N) is 1. The maximum atomic E-state index is 12.0. The van der Waals surface area contributed by atoms with Crippen molar-refractivity contribution in [3.8, 4) is 5.75 Å². The number of aromatic hydroxyl groups is 1. The lowest BCUT2D eigenvalue weighted by Crippen LogP contribution is -2.19. The lowest BCUT2D eigenvalue weighted by molar-refractivity contribution is 0.0952. The number of carbonyl (C=O) groups is 1. The van der Waals surface area contributed by atoms with E-state index in [-0.39, 0.29) is 11.3 Å². The molecule has 3 rings (SSSR count). The number of hydrogen-bond acceptors (Lipinski definition) is 3. The number of phenols is 1. The minimum atomic E-state index is -0.403. The average molecular weight is 266 g/mol. The molecule has 0 spiro atoms. The molecule has 0 saturated carbocycles. The Kier molecular flexibility index (Phi) is 3.21. The van der Waals surface area contributed by atoms with Crippen LogP contribution >= 0.6 is 0 Å². The Morgan fingerprint density at radius 1 is 1.05 bits per heavy atom. The highest BCUT2D eigenvalue weighted by Gasteiger charge is 2.17. The maximum Gasteiger partial charge on any atom is 0.275 e. The average Bonchev–Trinajstić information content (AvgIpc) is 2.88. The second-order valence-corrected chi connectivity index (χ2v) is 4.67. The molecule has 0 saturated heterocycles. The summed E-state index contributed by atoms with van der Waals surface area (Å²) in [7, 11) is 0. The van der Waals surface area contributed by atoms with Crippen LogP contribution in [0.3, 0.4) is 0 Å². The van der Waals surface area contributed by atoms with Crippen LogP contribution in [0.2, 0.25) is 0 Å². The van der Waals surface area contributed by atoms with Crippen LogP contribution in [-0.2, 0) is 6.42 Å². The van der Waals surface area contributed by atoms with Crippen molar-refractivity contribution in [2.45, 2.75) is 12.8 Å².